The Morgan fingerprint density at radius 1 is 1.12 bits per heavy atom. The lowest BCUT2D eigenvalue weighted by molar-refractivity contribution is -0.108. The Kier molecular flexibility index (Phi) is 5.21. The molecule has 2 nitrogen and oxygen atoms in total. The van der Waals surface area contributed by atoms with Crippen molar-refractivity contribution in [3.05, 3.63) is 42.5 Å². The molecule has 0 aliphatic heterocycles. The summed E-state index contributed by atoms with van der Waals surface area (Å²) in [6.45, 7) is 4.04. The summed E-state index contributed by atoms with van der Waals surface area (Å²) in [5, 5.41) is 11.4. The largest absolute Gasteiger partial charge is 0.507 e. The SMILES string of the molecule is CC(C)CC=O.Oc1cccc2ccccc12. The normalized spacial score (nSPS) is 9.82. The molecule has 0 aliphatic rings. The molecule has 0 amide bonds. The molecule has 0 unspecified atom stereocenters. The first-order chi connectivity index (χ1) is 8.15. The number of benzene rings is 2. The number of hydrogen-bond acceptors (Lipinski definition) is 2. The van der Waals surface area contributed by atoms with E-state index >= 15 is 0 Å². The summed E-state index contributed by atoms with van der Waals surface area (Å²) in [5.41, 5.74) is 0. The molecule has 0 atom stereocenters. The van der Waals surface area contributed by atoms with Crippen molar-refractivity contribution >= 4 is 17.1 Å². The van der Waals surface area contributed by atoms with Crippen molar-refractivity contribution in [3.8, 4) is 5.75 Å². The van der Waals surface area contributed by atoms with Gasteiger partial charge in [-0.3, -0.25) is 0 Å². The Balaban J connectivity index is 0.000000209. The first kappa shape index (κ1) is 13.2. The summed E-state index contributed by atoms with van der Waals surface area (Å²) < 4.78 is 0. The van der Waals surface area contributed by atoms with Gasteiger partial charge in [-0.15, -0.1) is 0 Å². The van der Waals surface area contributed by atoms with E-state index in [0.717, 1.165) is 17.1 Å². The zero-order chi connectivity index (χ0) is 12.7. The van der Waals surface area contributed by atoms with Gasteiger partial charge in [0.2, 0.25) is 0 Å². The monoisotopic (exact) mass is 230 g/mol. The number of carbonyl (C=O) groups is 1. The molecule has 0 spiro atoms. The van der Waals surface area contributed by atoms with Gasteiger partial charge in [0.15, 0.2) is 0 Å². The first-order valence-corrected chi connectivity index (χ1v) is 5.75. The van der Waals surface area contributed by atoms with E-state index in [1.54, 1.807) is 6.07 Å². The highest BCUT2D eigenvalue weighted by Crippen LogP contribution is 2.22. The van der Waals surface area contributed by atoms with Crippen molar-refractivity contribution in [1.82, 2.24) is 0 Å². The lowest BCUT2D eigenvalue weighted by atomic mass is 10.1. The molecule has 2 aromatic carbocycles. The van der Waals surface area contributed by atoms with E-state index in [9.17, 15) is 9.90 Å². The minimum absolute atomic E-state index is 0.350. The highest BCUT2D eigenvalue weighted by Gasteiger charge is 1.94. The van der Waals surface area contributed by atoms with Gasteiger partial charge in [-0.25, -0.2) is 0 Å². The minimum Gasteiger partial charge on any atom is -0.507 e. The highest BCUT2D eigenvalue weighted by atomic mass is 16.3. The predicted octanol–water partition coefficient (Wildman–Crippen LogP) is 3.78. The Bertz CT molecular complexity index is 470. The van der Waals surface area contributed by atoms with Crippen molar-refractivity contribution in [1.29, 1.82) is 0 Å². The molecule has 90 valence electrons. The minimum atomic E-state index is 0.350. The number of rotatable bonds is 2. The van der Waals surface area contributed by atoms with Crippen LogP contribution in [0.3, 0.4) is 0 Å². The van der Waals surface area contributed by atoms with Gasteiger partial charge in [-0.1, -0.05) is 50.2 Å². The lowest BCUT2D eigenvalue weighted by Crippen LogP contribution is -1.84. The van der Waals surface area contributed by atoms with Crippen LogP contribution in [-0.4, -0.2) is 11.4 Å². The van der Waals surface area contributed by atoms with Crippen molar-refractivity contribution < 1.29 is 9.90 Å². The van der Waals surface area contributed by atoms with Crippen LogP contribution in [0.5, 0.6) is 5.75 Å². The summed E-state index contributed by atoms with van der Waals surface area (Å²) in [5.74, 6) is 0.880. The number of aromatic hydroxyl groups is 1. The van der Waals surface area contributed by atoms with Crippen molar-refractivity contribution in [2.75, 3.05) is 0 Å². The lowest BCUT2D eigenvalue weighted by Gasteiger charge is -1.97. The van der Waals surface area contributed by atoms with E-state index in [4.69, 9.17) is 0 Å². The zero-order valence-corrected chi connectivity index (χ0v) is 10.3. The molecular formula is C15H18O2. The fourth-order valence-corrected chi connectivity index (χ4v) is 1.40. The van der Waals surface area contributed by atoms with E-state index in [1.165, 1.54) is 0 Å². The molecule has 2 heteroatoms. The summed E-state index contributed by atoms with van der Waals surface area (Å²) in [7, 11) is 0. The standard InChI is InChI=1S/C10H8O.C5H10O/c11-10-7-3-5-8-4-1-2-6-9(8)10;1-5(2)3-4-6/h1-7,11H;4-5H,3H2,1-2H3. The third-order valence-corrected chi connectivity index (χ3v) is 2.33. The van der Waals surface area contributed by atoms with Gasteiger partial charge < -0.3 is 9.90 Å². The summed E-state index contributed by atoms with van der Waals surface area (Å²) in [4.78, 5) is 9.62. The van der Waals surface area contributed by atoms with Crippen molar-refractivity contribution in [2.24, 2.45) is 5.92 Å². The number of aldehydes is 1. The fraction of sp³-hybridized carbons (Fsp3) is 0.267. The van der Waals surface area contributed by atoms with E-state index in [2.05, 4.69) is 0 Å². The van der Waals surface area contributed by atoms with E-state index in [0.29, 0.717) is 18.1 Å². The van der Waals surface area contributed by atoms with Crippen LogP contribution in [0.4, 0.5) is 0 Å². The first-order valence-electron chi connectivity index (χ1n) is 5.75. The smallest absolute Gasteiger partial charge is 0.123 e. The van der Waals surface area contributed by atoms with Gasteiger partial charge in [0.25, 0.3) is 0 Å². The van der Waals surface area contributed by atoms with E-state index < -0.39 is 0 Å². The van der Waals surface area contributed by atoms with Crippen LogP contribution in [0.15, 0.2) is 42.5 Å². The highest BCUT2D eigenvalue weighted by molar-refractivity contribution is 5.87. The summed E-state index contributed by atoms with van der Waals surface area (Å²) >= 11 is 0. The van der Waals surface area contributed by atoms with Gasteiger partial charge in [-0.2, -0.15) is 0 Å². The maximum Gasteiger partial charge on any atom is 0.123 e. The van der Waals surface area contributed by atoms with Crippen LogP contribution in [0.25, 0.3) is 10.8 Å². The van der Waals surface area contributed by atoms with Crippen LogP contribution in [0, 0.1) is 5.92 Å². The second-order valence-electron chi connectivity index (χ2n) is 4.29. The maximum absolute atomic E-state index is 9.62. The third kappa shape index (κ3) is 4.27. The number of hydrogen-bond donors (Lipinski definition) is 1. The van der Waals surface area contributed by atoms with Gasteiger partial charge in [-0.05, 0) is 17.4 Å². The summed E-state index contributed by atoms with van der Waals surface area (Å²) in [6, 6.07) is 13.3. The molecule has 2 rings (SSSR count). The number of phenols is 1. The van der Waals surface area contributed by atoms with Crippen molar-refractivity contribution in [2.45, 2.75) is 20.3 Å². The van der Waals surface area contributed by atoms with Crippen molar-refractivity contribution in [3.63, 3.8) is 0 Å². The fourth-order valence-electron chi connectivity index (χ4n) is 1.40. The van der Waals surface area contributed by atoms with Crippen LogP contribution < -0.4 is 0 Å². The van der Waals surface area contributed by atoms with Crippen LogP contribution >= 0.6 is 0 Å². The predicted molar refractivity (Wildman–Crippen MR) is 71.1 cm³/mol. The molecule has 0 aliphatic carbocycles. The van der Waals surface area contributed by atoms with Crippen LogP contribution in [-0.2, 0) is 4.79 Å². The quantitative estimate of drug-likeness (QED) is 0.797. The van der Waals surface area contributed by atoms with Crippen LogP contribution in [0.2, 0.25) is 0 Å². The second-order valence-corrected chi connectivity index (χ2v) is 4.29. The van der Waals surface area contributed by atoms with E-state index in [1.807, 2.05) is 50.2 Å². The molecule has 2 aromatic rings. The average molecular weight is 230 g/mol. The number of phenolic OH excluding ortho intramolecular Hbond substituents is 1. The van der Waals surface area contributed by atoms with E-state index in [-0.39, 0.29) is 0 Å². The average Bonchev–Trinajstić information content (AvgIpc) is 2.30. The topological polar surface area (TPSA) is 37.3 Å². The van der Waals surface area contributed by atoms with Gasteiger partial charge >= 0.3 is 0 Å². The molecule has 0 fully saturated rings. The molecule has 0 saturated heterocycles. The third-order valence-electron chi connectivity index (χ3n) is 2.33. The Morgan fingerprint density at radius 2 is 1.76 bits per heavy atom. The van der Waals surface area contributed by atoms with Gasteiger partial charge in [0.1, 0.15) is 12.0 Å². The zero-order valence-electron chi connectivity index (χ0n) is 10.3. The molecule has 0 radical (unpaired) electrons. The Hall–Kier alpha value is -1.83. The van der Waals surface area contributed by atoms with Gasteiger partial charge in [0.05, 0.1) is 0 Å². The van der Waals surface area contributed by atoms with Crippen LogP contribution in [0.1, 0.15) is 20.3 Å². The second kappa shape index (κ2) is 6.69. The Morgan fingerprint density at radius 3 is 2.29 bits per heavy atom. The van der Waals surface area contributed by atoms with Gasteiger partial charge in [0, 0.05) is 11.8 Å². The molecule has 0 heterocycles. The molecule has 1 N–H and O–H groups in total. The molecule has 0 saturated carbocycles. The molecular weight excluding hydrogens is 212 g/mol. The molecule has 17 heavy (non-hydrogen) atoms. The number of fused-ring (bicyclic) bond motifs is 1. The molecule has 0 aromatic heterocycles. The molecule has 0 bridgehead atoms. The maximum atomic E-state index is 9.62. The summed E-state index contributed by atoms with van der Waals surface area (Å²) in [6.07, 6.45) is 1.64. The Labute approximate surface area is 102 Å². The number of carbonyl (C=O) groups excluding carboxylic acids is 1.